The van der Waals surface area contributed by atoms with Crippen LogP contribution in [0.2, 0.25) is 0 Å². The predicted octanol–water partition coefficient (Wildman–Crippen LogP) is -12.9. The molecule has 20 heteroatoms. The van der Waals surface area contributed by atoms with Gasteiger partial charge in [0.05, 0.1) is 0 Å². The largest absolute Gasteiger partial charge is 0.412 e. The molecule has 0 bridgehead atoms. The van der Waals surface area contributed by atoms with Crippen LogP contribution in [0.5, 0.6) is 0 Å². The number of rotatable bonds is 0. The second-order valence-electron chi connectivity index (χ2n) is 0. The van der Waals surface area contributed by atoms with Crippen molar-refractivity contribution in [3.8, 4) is 0 Å². The Labute approximate surface area is 219 Å². The molecule has 0 saturated carbocycles. The van der Waals surface area contributed by atoms with Crippen molar-refractivity contribution in [2.24, 2.45) is 0 Å². The van der Waals surface area contributed by atoms with E-state index in [1.165, 1.54) is 0 Å². The molecule has 0 spiro atoms. The first-order valence-electron chi connectivity index (χ1n) is 0. The molecule has 24 N–H and O–H groups in total. The summed E-state index contributed by atoms with van der Waals surface area (Å²) in [6, 6.07) is 0. The first-order chi connectivity index (χ1) is 0. The van der Waals surface area contributed by atoms with Crippen molar-refractivity contribution in [3.05, 3.63) is 0 Å². The van der Waals surface area contributed by atoms with Crippen molar-refractivity contribution in [2.75, 3.05) is 0 Å². The molecule has 0 aliphatic heterocycles. The molecule has 0 atom stereocenters. The molecule has 12 nitrogen and oxygen atoms in total. The van der Waals surface area contributed by atoms with Gasteiger partial charge in [-0.25, -0.2) is 0 Å². The van der Waals surface area contributed by atoms with Crippen LogP contribution in [0.25, 0.3) is 0 Å². The molecule has 0 aliphatic rings. The monoisotopic (exact) mass is 796 g/mol. The minimum absolute atomic E-state index is 0. The van der Waals surface area contributed by atoms with Crippen LogP contribution in [-0.4, -0.2) is 222 Å². The van der Waals surface area contributed by atoms with Gasteiger partial charge in [0.1, 0.15) is 0 Å². The van der Waals surface area contributed by atoms with Crippen LogP contribution in [0.4, 0.5) is 0 Å². The first kappa shape index (κ1) is 672. The summed E-state index contributed by atoms with van der Waals surface area (Å²) in [7, 11) is 0. The standard InChI is InChI=1S/6Al.2Bi.12H2O/h;;;;;;;;12*1H2. The third-order valence-corrected chi connectivity index (χ3v) is 0. The van der Waals surface area contributed by atoms with E-state index in [2.05, 4.69) is 0 Å². The van der Waals surface area contributed by atoms with E-state index in [4.69, 9.17) is 0 Å². The maximum Gasteiger partial charge on any atom is 0 e. The smallest absolute Gasteiger partial charge is 0 e. The topological polar surface area (TPSA) is 378 Å². The fourth-order valence-electron chi connectivity index (χ4n) is 0. The van der Waals surface area contributed by atoms with Gasteiger partial charge in [0.2, 0.25) is 0 Å². The number of hydrogen-bond donors (Lipinski definition) is 0. The molecular formula is H24Al6Bi2O12. The molecule has 0 aromatic rings. The molecular weight excluding hydrogens is 772 g/mol. The molecule has 0 rings (SSSR count). The van der Waals surface area contributed by atoms with Crippen LogP contribution in [0, 0.1) is 0 Å². The minimum atomic E-state index is 0. The Kier molecular flexibility index (Phi) is 19900. The third kappa shape index (κ3) is 517. The second kappa shape index (κ2) is 591. The molecule has 124 valence electrons. The second-order valence-corrected chi connectivity index (χ2v) is 0. The number of hydrogen-bond acceptors (Lipinski definition) is 0. The fraction of sp³-hybridized carbons (Fsp3) is 0. The van der Waals surface area contributed by atoms with Gasteiger partial charge in [-0.1, -0.05) is 0 Å². The zero-order valence-corrected chi connectivity index (χ0v) is 24.2. The molecule has 0 aromatic carbocycles. The Balaban J connectivity index is 0. The van der Waals surface area contributed by atoms with Gasteiger partial charge in [-0.2, -0.15) is 0 Å². The van der Waals surface area contributed by atoms with Crippen molar-refractivity contribution < 1.29 is 65.7 Å². The predicted molar refractivity (Wildman–Crippen MR) is 89.4 cm³/mol. The molecule has 24 radical (unpaired) electrons. The summed E-state index contributed by atoms with van der Waals surface area (Å²) in [6.07, 6.45) is 0. The van der Waals surface area contributed by atoms with E-state index in [0.29, 0.717) is 0 Å². The van der Waals surface area contributed by atoms with Gasteiger partial charge < -0.3 is 65.7 Å². The minimum Gasteiger partial charge on any atom is -0.412 e. The van der Waals surface area contributed by atoms with Crippen LogP contribution >= 0.6 is 0 Å². The van der Waals surface area contributed by atoms with Gasteiger partial charge in [0.15, 0.2) is 0 Å². The average Bonchev–Trinajstić information content (AvgIpc) is 0. The van der Waals surface area contributed by atoms with Gasteiger partial charge in [-0.15, -0.1) is 0 Å². The van der Waals surface area contributed by atoms with E-state index in [1.807, 2.05) is 0 Å². The zero-order chi connectivity index (χ0) is 0. The van der Waals surface area contributed by atoms with E-state index in [9.17, 15) is 0 Å². The van der Waals surface area contributed by atoms with Crippen LogP contribution in [0.15, 0.2) is 0 Å². The Bertz CT molecular complexity index is 25.9. The van der Waals surface area contributed by atoms with Crippen LogP contribution in [0.3, 0.4) is 0 Å². The van der Waals surface area contributed by atoms with E-state index in [1.54, 1.807) is 0 Å². The van der Waals surface area contributed by atoms with Crippen molar-refractivity contribution in [3.63, 3.8) is 0 Å². The summed E-state index contributed by atoms with van der Waals surface area (Å²) >= 11 is 0. The van der Waals surface area contributed by atoms with Crippen molar-refractivity contribution >= 4 is 157 Å². The van der Waals surface area contributed by atoms with Gasteiger partial charge in [-0.05, 0) is 0 Å². The fourth-order valence-corrected chi connectivity index (χ4v) is 0. The molecule has 0 heterocycles. The van der Waals surface area contributed by atoms with Crippen molar-refractivity contribution in [1.29, 1.82) is 0 Å². The summed E-state index contributed by atoms with van der Waals surface area (Å²) in [5, 5.41) is 0. The van der Waals surface area contributed by atoms with Gasteiger partial charge in [0.25, 0.3) is 0 Å². The van der Waals surface area contributed by atoms with Crippen LogP contribution in [0.1, 0.15) is 0 Å². The maximum atomic E-state index is 0. The molecule has 0 amide bonds. The summed E-state index contributed by atoms with van der Waals surface area (Å²) in [4.78, 5) is 0. The Hall–Kier alpha value is 4.48. The summed E-state index contributed by atoms with van der Waals surface area (Å²) < 4.78 is 0. The normalized spacial score (nSPS) is 0. The molecule has 0 unspecified atom stereocenters. The summed E-state index contributed by atoms with van der Waals surface area (Å²) in [5.74, 6) is 0. The van der Waals surface area contributed by atoms with Gasteiger partial charge >= 0.3 is 0 Å². The van der Waals surface area contributed by atoms with Crippen molar-refractivity contribution in [1.82, 2.24) is 0 Å². The Morgan fingerprint density at radius 1 is 0.150 bits per heavy atom. The third-order valence-electron chi connectivity index (χ3n) is 0. The first-order valence-corrected chi connectivity index (χ1v) is 0. The molecule has 0 aromatic heterocycles. The van der Waals surface area contributed by atoms with E-state index < -0.39 is 0 Å². The maximum absolute atomic E-state index is 0. The molecule has 0 aliphatic carbocycles. The van der Waals surface area contributed by atoms with E-state index >= 15 is 0 Å². The zero-order valence-electron chi connectivity index (χ0n) is 10.4. The SMILES string of the molecule is O.O.O.O.O.O.O.O.O.O.O.O.[Al].[Al].[Al].[Al].[Al].[Al].[Bi].[Bi]. The van der Waals surface area contributed by atoms with Crippen LogP contribution in [-0.2, 0) is 0 Å². The van der Waals surface area contributed by atoms with Crippen molar-refractivity contribution in [2.45, 2.75) is 0 Å². The Morgan fingerprint density at radius 3 is 0.150 bits per heavy atom. The van der Waals surface area contributed by atoms with E-state index in [0.717, 1.165) is 0 Å². The van der Waals surface area contributed by atoms with Crippen LogP contribution < -0.4 is 0 Å². The Morgan fingerprint density at radius 2 is 0.150 bits per heavy atom. The molecule has 20 heavy (non-hydrogen) atoms. The van der Waals surface area contributed by atoms with Gasteiger partial charge in [0, 0.05) is 157 Å². The summed E-state index contributed by atoms with van der Waals surface area (Å²) in [6.45, 7) is 0. The summed E-state index contributed by atoms with van der Waals surface area (Å²) in [5.41, 5.74) is 0. The molecule has 0 fully saturated rings. The van der Waals surface area contributed by atoms with E-state index in [-0.39, 0.29) is 222 Å². The van der Waals surface area contributed by atoms with Gasteiger partial charge in [-0.3, -0.25) is 0 Å². The molecule has 0 saturated heterocycles. The average molecular weight is 796 g/mol. The quantitative estimate of drug-likeness (QED) is 0.206.